The summed E-state index contributed by atoms with van der Waals surface area (Å²) >= 11 is 0. The molecular weight excluding hydrogens is 268 g/mol. The Morgan fingerprint density at radius 2 is 2.00 bits per heavy atom. The van der Waals surface area contributed by atoms with Crippen LogP contribution in [0.2, 0.25) is 0 Å². The fourth-order valence-corrected chi connectivity index (χ4v) is 4.66. The normalized spacial score (nSPS) is 24.2. The van der Waals surface area contributed by atoms with E-state index in [1.54, 1.807) is 0 Å². The van der Waals surface area contributed by atoms with Gasteiger partial charge in [-0.15, -0.1) is 0 Å². The number of carbonyl (C=O) groups is 1. The second kappa shape index (κ2) is 7.72. The Morgan fingerprint density at radius 1 is 1.25 bits per heavy atom. The molecule has 0 spiro atoms. The number of Topliss-reactive ketones (excluding diaryl/α,β-unsaturated/α-hetero) is 1. The SMILES string of the molecule is CC1CCCC(S(=O)CCCC(=O)c2ccccc2)C1. The van der Waals surface area contributed by atoms with Crippen LogP contribution in [0.25, 0.3) is 0 Å². The van der Waals surface area contributed by atoms with E-state index in [1.165, 1.54) is 12.8 Å². The summed E-state index contributed by atoms with van der Waals surface area (Å²) in [5.41, 5.74) is 0.768. The van der Waals surface area contributed by atoms with E-state index in [-0.39, 0.29) is 5.78 Å². The fraction of sp³-hybridized carbons (Fsp3) is 0.588. The van der Waals surface area contributed by atoms with E-state index < -0.39 is 10.8 Å². The van der Waals surface area contributed by atoms with Gasteiger partial charge in [0.2, 0.25) is 0 Å². The zero-order chi connectivity index (χ0) is 14.4. The monoisotopic (exact) mass is 292 g/mol. The van der Waals surface area contributed by atoms with Crippen LogP contribution in [0.4, 0.5) is 0 Å². The van der Waals surface area contributed by atoms with E-state index in [9.17, 15) is 9.00 Å². The standard InChI is InChI=1S/C17H24O2S/c1-14-7-5-10-16(13-14)20(19)12-6-11-17(18)15-8-3-2-4-9-15/h2-4,8-9,14,16H,5-7,10-13H2,1H3. The molecule has 0 heterocycles. The van der Waals surface area contributed by atoms with Gasteiger partial charge in [-0.3, -0.25) is 9.00 Å². The molecule has 1 aliphatic rings. The molecule has 20 heavy (non-hydrogen) atoms. The number of benzene rings is 1. The van der Waals surface area contributed by atoms with Gasteiger partial charge >= 0.3 is 0 Å². The zero-order valence-electron chi connectivity index (χ0n) is 12.2. The van der Waals surface area contributed by atoms with Gasteiger partial charge < -0.3 is 0 Å². The van der Waals surface area contributed by atoms with Crippen LogP contribution in [0.15, 0.2) is 30.3 Å². The molecule has 2 rings (SSSR count). The highest BCUT2D eigenvalue weighted by Gasteiger charge is 2.23. The lowest BCUT2D eigenvalue weighted by molar-refractivity contribution is 0.0982. The third-order valence-electron chi connectivity index (χ3n) is 4.11. The highest BCUT2D eigenvalue weighted by Crippen LogP contribution is 2.27. The number of hydrogen-bond donors (Lipinski definition) is 0. The lowest BCUT2D eigenvalue weighted by Gasteiger charge is -2.25. The summed E-state index contributed by atoms with van der Waals surface area (Å²) in [5.74, 6) is 1.55. The number of hydrogen-bond acceptors (Lipinski definition) is 2. The minimum absolute atomic E-state index is 0.166. The molecule has 1 fully saturated rings. The van der Waals surface area contributed by atoms with Crippen molar-refractivity contribution in [2.24, 2.45) is 5.92 Å². The van der Waals surface area contributed by atoms with Crippen molar-refractivity contribution in [3.63, 3.8) is 0 Å². The van der Waals surface area contributed by atoms with Crippen LogP contribution < -0.4 is 0 Å². The molecule has 0 amide bonds. The second-order valence-electron chi connectivity index (χ2n) is 5.87. The van der Waals surface area contributed by atoms with Crippen LogP contribution in [0.3, 0.4) is 0 Å². The largest absolute Gasteiger partial charge is 0.294 e. The summed E-state index contributed by atoms with van der Waals surface area (Å²) in [6.07, 6.45) is 5.94. The highest BCUT2D eigenvalue weighted by atomic mass is 32.2. The topological polar surface area (TPSA) is 34.1 Å². The van der Waals surface area contributed by atoms with E-state index in [0.29, 0.717) is 23.3 Å². The van der Waals surface area contributed by atoms with Gasteiger partial charge in [0.25, 0.3) is 0 Å². The summed E-state index contributed by atoms with van der Waals surface area (Å²) in [6, 6.07) is 9.38. The van der Waals surface area contributed by atoms with Crippen molar-refractivity contribution in [2.45, 2.75) is 50.7 Å². The van der Waals surface area contributed by atoms with E-state index in [0.717, 1.165) is 24.8 Å². The van der Waals surface area contributed by atoms with Crippen molar-refractivity contribution < 1.29 is 9.00 Å². The number of carbonyl (C=O) groups excluding carboxylic acids is 1. The molecule has 3 unspecified atom stereocenters. The molecule has 1 aromatic rings. The van der Waals surface area contributed by atoms with Gasteiger partial charge in [0.1, 0.15) is 0 Å². The van der Waals surface area contributed by atoms with Gasteiger partial charge in [-0.05, 0) is 25.2 Å². The van der Waals surface area contributed by atoms with Gasteiger partial charge in [0.15, 0.2) is 5.78 Å². The van der Waals surface area contributed by atoms with Crippen molar-refractivity contribution in [3.05, 3.63) is 35.9 Å². The second-order valence-corrected chi connectivity index (χ2v) is 7.71. The molecule has 0 radical (unpaired) electrons. The molecule has 3 heteroatoms. The number of ketones is 1. The molecule has 2 nitrogen and oxygen atoms in total. The Hall–Kier alpha value is -0.960. The molecule has 1 aromatic carbocycles. The smallest absolute Gasteiger partial charge is 0.162 e. The van der Waals surface area contributed by atoms with Crippen molar-refractivity contribution >= 4 is 16.6 Å². The molecule has 1 aliphatic carbocycles. The maximum absolute atomic E-state index is 12.3. The van der Waals surface area contributed by atoms with E-state index in [4.69, 9.17) is 0 Å². The fourth-order valence-electron chi connectivity index (χ4n) is 2.93. The quantitative estimate of drug-likeness (QED) is 0.743. The van der Waals surface area contributed by atoms with E-state index in [1.807, 2.05) is 30.3 Å². The molecule has 0 bridgehead atoms. The third kappa shape index (κ3) is 4.55. The van der Waals surface area contributed by atoms with Crippen LogP contribution >= 0.6 is 0 Å². The van der Waals surface area contributed by atoms with Crippen molar-refractivity contribution in [2.75, 3.05) is 5.75 Å². The first-order valence-corrected chi connectivity index (χ1v) is 9.00. The maximum atomic E-state index is 12.3. The minimum atomic E-state index is -0.752. The Morgan fingerprint density at radius 3 is 2.70 bits per heavy atom. The lowest BCUT2D eigenvalue weighted by atomic mass is 9.91. The van der Waals surface area contributed by atoms with Gasteiger partial charge in [0.05, 0.1) is 0 Å². The Labute approximate surface area is 124 Å². The molecule has 110 valence electrons. The summed E-state index contributed by atoms with van der Waals surface area (Å²) in [7, 11) is -0.752. The Balaban J connectivity index is 1.73. The van der Waals surface area contributed by atoms with Gasteiger partial charge in [-0.2, -0.15) is 0 Å². The first-order valence-electron chi connectivity index (χ1n) is 7.62. The van der Waals surface area contributed by atoms with Crippen molar-refractivity contribution in [3.8, 4) is 0 Å². The third-order valence-corrected chi connectivity index (χ3v) is 5.97. The molecule has 0 aliphatic heterocycles. The lowest BCUT2D eigenvalue weighted by Crippen LogP contribution is -2.24. The van der Waals surface area contributed by atoms with Crippen LogP contribution in [-0.4, -0.2) is 21.0 Å². The Bertz CT molecular complexity index is 455. The molecule has 1 saturated carbocycles. The average Bonchev–Trinajstić information content (AvgIpc) is 2.48. The summed E-state index contributed by atoms with van der Waals surface area (Å²) in [4.78, 5) is 12.0. The van der Waals surface area contributed by atoms with Gasteiger partial charge in [-0.25, -0.2) is 0 Å². The summed E-state index contributed by atoms with van der Waals surface area (Å²) in [6.45, 7) is 2.25. The van der Waals surface area contributed by atoms with Crippen molar-refractivity contribution in [1.82, 2.24) is 0 Å². The maximum Gasteiger partial charge on any atom is 0.162 e. The zero-order valence-corrected chi connectivity index (χ0v) is 13.0. The predicted octanol–water partition coefficient (Wildman–Crippen LogP) is 3.98. The molecule has 0 aromatic heterocycles. The molecule has 3 atom stereocenters. The summed E-state index contributed by atoms with van der Waals surface area (Å²) in [5, 5.41) is 0.366. The molecule has 0 saturated heterocycles. The van der Waals surface area contributed by atoms with E-state index in [2.05, 4.69) is 6.92 Å². The van der Waals surface area contributed by atoms with Crippen LogP contribution in [0.1, 0.15) is 55.8 Å². The van der Waals surface area contributed by atoms with Gasteiger partial charge in [-0.1, -0.05) is 50.1 Å². The van der Waals surface area contributed by atoms with Crippen LogP contribution in [0, 0.1) is 5.92 Å². The first kappa shape index (κ1) is 15.4. The van der Waals surface area contributed by atoms with Crippen molar-refractivity contribution in [1.29, 1.82) is 0 Å². The average molecular weight is 292 g/mol. The van der Waals surface area contributed by atoms with Gasteiger partial charge in [0, 0.05) is 33.8 Å². The van der Waals surface area contributed by atoms with E-state index >= 15 is 0 Å². The minimum Gasteiger partial charge on any atom is -0.294 e. The highest BCUT2D eigenvalue weighted by molar-refractivity contribution is 7.85. The first-order chi connectivity index (χ1) is 9.66. The van der Waals surface area contributed by atoms with Crippen LogP contribution in [-0.2, 0) is 10.8 Å². The molecule has 0 N–H and O–H groups in total. The Kier molecular flexibility index (Phi) is 5.96. The predicted molar refractivity (Wildman–Crippen MR) is 84.4 cm³/mol. The number of rotatable bonds is 6. The summed E-state index contributed by atoms with van der Waals surface area (Å²) < 4.78 is 12.3. The van der Waals surface area contributed by atoms with Crippen LogP contribution in [0.5, 0.6) is 0 Å². The molecular formula is C17H24O2S.